The van der Waals surface area contributed by atoms with Crippen LogP contribution in [0.1, 0.15) is 10.4 Å². The van der Waals surface area contributed by atoms with Gasteiger partial charge in [0.2, 0.25) is 10.0 Å². The Kier molecular flexibility index (Phi) is 5.31. The van der Waals surface area contributed by atoms with Crippen molar-refractivity contribution in [1.29, 1.82) is 0 Å². The van der Waals surface area contributed by atoms with Crippen molar-refractivity contribution in [3.05, 3.63) is 50.9 Å². The average Bonchev–Trinajstić information content (AvgIpc) is 2.83. The maximum absolute atomic E-state index is 12.2. The van der Waals surface area contributed by atoms with Gasteiger partial charge in [-0.3, -0.25) is 4.98 Å². The quantitative estimate of drug-likeness (QED) is 0.780. The molecule has 0 atom stereocenters. The van der Waals surface area contributed by atoms with Gasteiger partial charge < -0.3 is 0 Å². The van der Waals surface area contributed by atoms with Gasteiger partial charge in [0, 0.05) is 40.7 Å². The van der Waals surface area contributed by atoms with Crippen LogP contribution in [0.15, 0.2) is 40.4 Å². The van der Waals surface area contributed by atoms with Crippen LogP contribution in [0.4, 0.5) is 0 Å². The Hall–Kier alpha value is -0.760. The highest BCUT2D eigenvalue weighted by Crippen LogP contribution is 2.21. The average molecular weight is 375 g/mol. The lowest BCUT2D eigenvalue weighted by Crippen LogP contribution is -2.29. The SMILES string of the molecule is CN(Cc1cc(Br)cs1)S(=O)(=O)CCc1ccncc1. The van der Waals surface area contributed by atoms with Gasteiger partial charge in [0.15, 0.2) is 0 Å². The molecule has 0 aromatic carbocycles. The molecule has 0 spiro atoms. The highest BCUT2D eigenvalue weighted by atomic mass is 79.9. The van der Waals surface area contributed by atoms with Crippen molar-refractivity contribution < 1.29 is 8.42 Å². The zero-order valence-corrected chi connectivity index (χ0v) is 14.2. The van der Waals surface area contributed by atoms with Gasteiger partial charge in [-0.2, -0.15) is 4.31 Å². The van der Waals surface area contributed by atoms with Crippen molar-refractivity contribution in [2.75, 3.05) is 12.8 Å². The lowest BCUT2D eigenvalue weighted by atomic mass is 10.2. The van der Waals surface area contributed by atoms with Crippen LogP contribution in [-0.2, 0) is 23.0 Å². The molecule has 0 amide bonds. The first-order valence-electron chi connectivity index (χ1n) is 6.03. The summed E-state index contributed by atoms with van der Waals surface area (Å²) in [6.07, 6.45) is 3.85. The van der Waals surface area contributed by atoms with Crippen LogP contribution < -0.4 is 0 Å². The van der Waals surface area contributed by atoms with Crippen LogP contribution in [0.3, 0.4) is 0 Å². The Balaban J connectivity index is 1.95. The predicted molar refractivity (Wildman–Crippen MR) is 85.2 cm³/mol. The third kappa shape index (κ3) is 4.37. The van der Waals surface area contributed by atoms with Crippen LogP contribution in [-0.4, -0.2) is 30.5 Å². The number of thiophene rings is 1. The Bertz CT molecular complexity index is 656. The van der Waals surface area contributed by atoms with Gasteiger partial charge >= 0.3 is 0 Å². The van der Waals surface area contributed by atoms with Gasteiger partial charge in [0.1, 0.15) is 0 Å². The monoisotopic (exact) mass is 374 g/mol. The van der Waals surface area contributed by atoms with E-state index in [2.05, 4.69) is 20.9 Å². The summed E-state index contributed by atoms with van der Waals surface area (Å²) in [5.41, 5.74) is 0.982. The smallest absolute Gasteiger partial charge is 0.214 e. The number of sulfonamides is 1. The number of halogens is 1. The fourth-order valence-corrected chi connectivity index (χ4v) is 4.43. The van der Waals surface area contributed by atoms with Gasteiger partial charge in [-0.05, 0) is 46.1 Å². The zero-order chi connectivity index (χ0) is 14.6. The molecule has 20 heavy (non-hydrogen) atoms. The molecule has 7 heteroatoms. The minimum atomic E-state index is -3.24. The molecule has 2 aromatic heterocycles. The van der Waals surface area contributed by atoms with Crippen LogP contribution in [0.2, 0.25) is 0 Å². The zero-order valence-electron chi connectivity index (χ0n) is 11.0. The fraction of sp³-hybridized carbons (Fsp3) is 0.308. The van der Waals surface area contributed by atoms with Gasteiger partial charge in [-0.15, -0.1) is 11.3 Å². The largest absolute Gasteiger partial charge is 0.265 e. The van der Waals surface area contributed by atoms with E-state index in [1.54, 1.807) is 30.8 Å². The Morgan fingerprint density at radius 1 is 1.35 bits per heavy atom. The number of pyridine rings is 1. The summed E-state index contributed by atoms with van der Waals surface area (Å²) < 4.78 is 26.8. The van der Waals surface area contributed by atoms with Crippen LogP contribution in [0, 0.1) is 0 Å². The molecule has 0 aliphatic carbocycles. The molecule has 0 aliphatic rings. The number of hydrogen-bond acceptors (Lipinski definition) is 4. The number of aryl methyl sites for hydroxylation is 1. The van der Waals surface area contributed by atoms with Gasteiger partial charge in [0.05, 0.1) is 5.75 Å². The highest BCUT2D eigenvalue weighted by molar-refractivity contribution is 9.10. The molecule has 0 saturated heterocycles. The third-order valence-electron chi connectivity index (χ3n) is 2.87. The first kappa shape index (κ1) is 15.6. The van der Waals surface area contributed by atoms with Gasteiger partial charge in [-0.25, -0.2) is 8.42 Å². The van der Waals surface area contributed by atoms with Crippen LogP contribution in [0.25, 0.3) is 0 Å². The van der Waals surface area contributed by atoms with E-state index in [9.17, 15) is 8.42 Å². The van der Waals surface area contributed by atoms with E-state index in [1.165, 1.54) is 4.31 Å². The lowest BCUT2D eigenvalue weighted by molar-refractivity contribution is 0.469. The van der Waals surface area contributed by atoms with E-state index in [0.717, 1.165) is 14.9 Å². The molecule has 2 aromatic rings. The normalized spacial score (nSPS) is 11.9. The topological polar surface area (TPSA) is 50.3 Å². The van der Waals surface area contributed by atoms with Crippen molar-refractivity contribution >= 4 is 37.3 Å². The third-order valence-corrected chi connectivity index (χ3v) is 6.35. The van der Waals surface area contributed by atoms with Crippen LogP contribution >= 0.6 is 27.3 Å². The van der Waals surface area contributed by atoms with Crippen molar-refractivity contribution in [2.45, 2.75) is 13.0 Å². The first-order valence-corrected chi connectivity index (χ1v) is 9.31. The summed E-state index contributed by atoms with van der Waals surface area (Å²) in [5.74, 6) is 0.111. The second-order valence-corrected chi connectivity index (χ2v) is 8.52. The summed E-state index contributed by atoms with van der Waals surface area (Å²) >= 11 is 4.92. The standard InChI is InChI=1S/C13H15BrN2O2S2/c1-16(9-13-8-12(14)10-19-13)20(17,18)7-4-11-2-5-15-6-3-11/h2-3,5-6,8,10H,4,7,9H2,1H3. The number of nitrogens with zero attached hydrogens (tertiary/aromatic N) is 2. The first-order chi connectivity index (χ1) is 9.47. The Morgan fingerprint density at radius 2 is 2.05 bits per heavy atom. The van der Waals surface area contributed by atoms with Crippen LogP contribution in [0.5, 0.6) is 0 Å². The van der Waals surface area contributed by atoms with Gasteiger partial charge in [-0.1, -0.05) is 0 Å². The predicted octanol–water partition coefficient (Wildman–Crippen LogP) is 2.91. The molecule has 0 radical (unpaired) electrons. The summed E-state index contributed by atoms with van der Waals surface area (Å²) in [6.45, 7) is 0.412. The summed E-state index contributed by atoms with van der Waals surface area (Å²) in [5, 5.41) is 1.95. The molecule has 2 rings (SSSR count). The second kappa shape index (κ2) is 6.80. The molecular weight excluding hydrogens is 360 g/mol. The van der Waals surface area contributed by atoms with E-state index >= 15 is 0 Å². The van der Waals surface area contributed by atoms with Crippen molar-refractivity contribution in [3.63, 3.8) is 0 Å². The minimum Gasteiger partial charge on any atom is -0.265 e. The molecule has 0 fully saturated rings. The molecule has 4 nitrogen and oxygen atoms in total. The minimum absolute atomic E-state index is 0.111. The summed E-state index contributed by atoms with van der Waals surface area (Å²) in [6, 6.07) is 5.62. The molecule has 0 aliphatic heterocycles. The Morgan fingerprint density at radius 3 is 2.65 bits per heavy atom. The maximum atomic E-state index is 12.2. The van der Waals surface area contributed by atoms with Gasteiger partial charge in [0.25, 0.3) is 0 Å². The van der Waals surface area contributed by atoms with Crippen molar-refractivity contribution in [1.82, 2.24) is 9.29 Å². The molecular formula is C13H15BrN2O2S2. The number of rotatable bonds is 6. The number of hydrogen-bond donors (Lipinski definition) is 0. The molecule has 108 valence electrons. The highest BCUT2D eigenvalue weighted by Gasteiger charge is 2.18. The van der Waals surface area contributed by atoms with Crippen molar-refractivity contribution in [3.8, 4) is 0 Å². The summed E-state index contributed by atoms with van der Waals surface area (Å²) in [7, 11) is -1.62. The lowest BCUT2D eigenvalue weighted by Gasteiger charge is -2.16. The van der Waals surface area contributed by atoms with E-state index in [1.807, 2.05) is 23.6 Å². The molecule has 0 unspecified atom stereocenters. The number of aromatic nitrogens is 1. The van der Waals surface area contributed by atoms with E-state index in [0.29, 0.717) is 13.0 Å². The van der Waals surface area contributed by atoms with E-state index < -0.39 is 10.0 Å². The second-order valence-electron chi connectivity index (χ2n) is 4.41. The van der Waals surface area contributed by atoms with E-state index in [4.69, 9.17) is 0 Å². The summed E-state index contributed by atoms with van der Waals surface area (Å²) in [4.78, 5) is 4.94. The Labute approximate surface area is 131 Å². The van der Waals surface area contributed by atoms with E-state index in [-0.39, 0.29) is 5.75 Å². The molecule has 0 N–H and O–H groups in total. The molecule has 0 saturated carbocycles. The molecule has 2 heterocycles. The maximum Gasteiger partial charge on any atom is 0.214 e. The molecule has 0 bridgehead atoms. The van der Waals surface area contributed by atoms with Crippen molar-refractivity contribution in [2.24, 2.45) is 0 Å². The fourth-order valence-electron chi connectivity index (χ4n) is 1.71.